The highest BCUT2D eigenvalue weighted by Gasteiger charge is 2.15. The highest BCUT2D eigenvalue weighted by atomic mass is 16.5. The van der Waals surface area contributed by atoms with E-state index in [2.05, 4.69) is 0 Å². The zero-order valence-electron chi connectivity index (χ0n) is 12.5. The van der Waals surface area contributed by atoms with Crippen LogP contribution in [0.15, 0.2) is 42.5 Å². The van der Waals surface area contributed by atoms with E-state index in [9.17, 15) is 5.11 Å². The number of methoxy groups -OCH3 is 2. The van der Waals surface area contributed by atoms with Crippen LogP contribution in [0.2, 0.25) is 0 Å². The summed E-state index contributed by atoms with van der Waals surface area (Å²) in [5.74, 6) is 1.68. The standard InChI is InChI=1S/C17H20O4/c1-12-9-15(19-2)17(16(10-12)20-3)21-11-14(18)13-7-5-4-6-8-13/h4-10,14,18H,11H2,1-3H3. The van der Waals surface area contributed by atoms with E-state index in [1.165, 1.54) is 0 Å². The molecule has 21 heavy (non-hydrogen) atoms. The predicted molar refractivity (Wildman–Crippen MR) is 81.2 cm³/mol. The lowest BCUT2D eigenvalue weighted by Gasteiger charge is -2.17. The van der Waals surface area contributed by atoms with E-state index in [0.717, 1.165) is 11.1 Å². The van der Waals surface area contributed by atoms with Crippen LogP contribution in [0, 0.1) is 6.92 Å². The monoisotopic (exact) mass is 288 g/mol. The van der Waals surface area contributed by atoms with Gasteiger partial charge in [0.1, 0.15) is 12.7 Å². The summed E-state index contributed by atoms with van der Waals surface area (Å²) in [4.78, 5) is 0. The SMILES string of the molecule is COc1cc(C)cc(OC)c1OCC(O)c1ccccc1. The number of hydrogen-bond acceptors (Lipinski definition) is 4. The number of hydrogen-bond donors (Lipinski definition) is 1. The van der Waals surface area contributed by atoms with Gasteiger partial charge in [-0.05, 0) is 30.2 Å². The number of aliphatic hydroxyl groups excluding tert-OH is 1. The zero-order valence-corrected chi connectivity index (χ0v) is 12.5. The Kier molecular flexibility index (Phi) is 5.06. The number of rotatable bonds is 6. The molecule has 0 bridgehead atoms. The first kappa shape index (κ1) is 15.2. The molecule has 0 aliphatic carbocycles. The summed E-state index contributed by atoms with van der Waals surface area (Å²) in [6.07, 6.45) is -0.707. The molecule has 0 amide bonds. The van der Waals surface area contributed by atoms with Gasteiger partial charge in [0.15, 0.2) is 11.5 Å². The van der Waals surface area contributed by atoms with Gasteiger partial charge in [0, 0.05) is 0 Å². The Morgan fingerprint density at radius 1 is 1.00 bits per heavy atom. The Hall–Kier alpha value is -2.20. The number of aliphatic hydroxyl groups is 1. The van der Waals surface area contributed by atoms with E-state index < -0.39 is 6.10 Å². The third-order valence-electron chi connectivity index (χ3n) is 3.17. The Morgan fingerprint density at radius 2 is 1.57 bits per heavy atom. The molecule has 1 atom stereocenters. The van der Waals surface area contributed by atoms with Crippen LogP contribution in [-0.4, -0.2) is 25.9 Å². The molecule has 2 rings (SSSR count). The van der Waals surface area contributed by atoms with Gasteiger partial charge in [-0.1, -0.05) is 30.3 Å². The van der Waals surface area contributed by atoms with E-state index in [1.807, 2.05) is 49.4 Å². The Labute approximate surface area is 124 Å². The molecule has 0 heterocycles. The molecule has 2 aromatic rings. The van der Waals surface area contributed by atoms with Crippen molar-refractivity contribution in [2.45, 2.75) is 13.0 Å². The van der Waals surface area contributed by atoms with Crippen LogP contribution >= 0.6 is 0 Å². The van der Waals surface area contributed by atoms with Crippen LogP contribution in [0.5, 0.6) is 17.2 Å². The largest absolute Gasteiger partial charge is 0.493 e. The van der Waals surface area contributed by atoms with Crippen molar-refractivity contribution in [2.75, 3.05) is 20.8 Å². The molecule has 4 nitrogen and oxygen atoms in total. The molecule has 0 saturated heterocycles. The Bertz CT molecular complexity index is 556. The Morgan fingerprint density at radius 3 is 2.10 bits per heavy atom. The maximum atomic E-state index is 10.2. The van der Waals surface area contributed by atoms with Crippen LogP contribution in [0.3, 0.4) is 0 Å². The van der Waals surface area contributed by atoms with E-state index in [0.29, 0.717) is 17.2 Å². The van der Waals surface area contributed by atoms with Gasteiger partial charge in [0.2, 0.25) is 5.75 Å². The second-order valence-corrected chi connectivity index (χ2v) is 4.74. The van der Waals surface area contributed by atoms with E-state index in [1.54, 1.807) is 14.2 Å². The third-order valence-corrected chi connectivity index (χ3v) is 3.17. The molecule has 1 N–H and O–H groups in total. The first-order valence-electron chi connectivity index (χ1n) is 6.74. The summed E-state index contributed by atoms with van der Waals surface area (Å²) >= 11 is 0. The van der Waals surface area contributed by atoms with Crippen LogP contribution < -0.4 is 14.2 Å². The second-order valence-electron chi connectivity index (χ2n) is 4.74. The van der Waals surface area contributed by atoms with Gasteiger partial charge in [-0.2, -0.15) is 0 Å². The summed E-state index contributed by atoms with van der Waals surface area (Å²) in [7, 11) is 3.16. The fourth-order valence-corrected chi connectivity index (χ4v) is 2.09. The fourth-order valence-electron chi connectivity index (χ4n) is 2.09. The lowest BCUT2D eigenvalue weighted by Crippen LogP contribution is -2.10. The van der Waals surface area contributed by atoms with Gasteiger partial charge in [-0.25, -0.2) is 0 Å². The van der Waals surface area contributed by atoms with Crippen LogP contribution in [0.1, 0.15) is 17.2 Å². The minimum absolute atomic E-state index is 0.125. The second kappa shape index (κ2) is 6.99. The topological polar surface area (TPSA) is 47.9 Å². The molecule has 0 aromatic heterocycles. The summed E-state index contributed by atoms with van der Waals surface area (Å²) in [5.41, 5.74) is 1.82. The molecular weight excluding hydrogens is 268 g/mol. The molecule has 1 unspecified atom stereocenters. The number of aryl methyl sites for hydroxylation is 1. The van der Waals surface area contributed by atoms with Crippen molar-refractivity contribution in [1.29, 1.82) is 0 Å². The lowest BCUT2D eigenvalue weighted by molar-refractivity contribution is 0.104. The van der Waals surface area contributed by atoms with Crippen molar-refractivity contribution in [3.63, 3.8) is 0 Å². The van der Waals surface area contributed by atoms with Gasteiger partial charge in [0.05, 0.1) is 14.2 Å². The van der Waals surface area contributed by atoms with Crippen LogP contribution in [0.4, 0.5) is 0 Å². The smallest absolute Gasteiger partial charge is 0.203 e. The highest BCUT2D eigenvalue weighted by Crippen LogP contribution is 2.38. The van der Waals surface area contributed by atoms with Gasteiger partial charge < -0.3 is 19.3 Å². The normalized spacial score (nSPS) is 11.8. The quantitative estimate of drug-likeness (QED) is 0.887. The molecule has 0 saturated carbocycles. The van der Waals surface area contributed by atoms with Gasteiger partial charge in [-0.15, -0.1) is 0 Å². The van der Waals surface area contributed by atoms with Crippen molar-refractivity contribution in [2.24, 2.45) is 0 Å². The van der Waals surface area contributed by atoms with Crippen LogP contribution in [-0.2, 0) is 0 Å². The maximum absolute atomic E-state index is 10.2. The van der Waals surface area contributed by atoms with Gasteiger partial charge in [-0.3, -0.25) is 0 Å². The van der Waals surface area contributed by atoms with Gasteiger partial charge >= 0.3 is 0 Å². The molecular formula is C17H20O4. The van der Waals surface area contributed by atoms with E-state index in [4.69, 9.17) is 14.2 Å². The van der Waals surface area contributed by atoms with E-state index in [-0.39, 0.29) is 6.61 Å². The first-order chi connectivity index (χ1) is 10.2. The van der Waals surface area contributed by atoms with Crippen molar-refractivity contribution in [3.05, 3.63) is 53.6 Å². The summed E-state index contributed by atoms with van der Waals surface area (Å²) in [5, 5.41) is 10.2. The molecule has 2 aromatic carbocycles. The Balaban J connectivity index is 2.16. The molecule has 0 radical (unpaired) electrons. The molecule has 0 fully saturated rings. The molecule has 112 valence electrons. The molecule has 0 spiro atoms. The van der Waals surface area contributed by atoms with Crippen LogP contribution in [0.25, 0.3) is 0 Å². The summed E-state index contributed by atoms with van der Waals surface area (Å²) in [6, 6.07) is 13.1. The zero-order chi connectivity index (χ0) is 15.2. The maximum Gasteiger partial charge on any atom is 0.203 e. The summed E-state index contributed by atoms with van der Waals surface area (Å²) in [6.45, 7) is 2.08. The minimum Gasteiger partial charge on any atom is -0.493 e. The van der Waals surface area contributed by atoms with E-state index >= 15 is 0 Å². The fraction of sp³-hybridized carbons (Fsp3) is 0.294. The van der Waals surface area contributed by atoms with Crippen molar-refractivity contribution >= 4 is 0 Å². The predicted octanol–water partition coefficient (Wildman–Crippen LogP) is 3.12. The average Bonchev–Trinajstić information content (AvgIpc) is 2.53. The lowest BCUT2D eigenvalue weighted by atomic mass is 10.1. The van der Waals surface area contributed by atoms with Crippen molar-refractivity contribution in [1.82, 2.24) is 0 Å². The van der Waals surface area contributed by atoms with Crippen molar-refractivity contribution in [3.8, 4) is 17.2 Å². The number of ether oxygens (including phenoxy) is 3. The molecule has 0 aliphatic rings. The first-order valence-corrected chi connectivity index (χ1v) is 6.74. The van der Waals surface area contributed by atoms with Gasteiger partial charge in [0.25, 0.3) is 0 Å². The summed E-state index contributed by atoms with van der Waals surface area (Å²) < 4.78 is 16.4. The average molecular weight is 288 g/mol. The molecule has 4 heteroatoms. The number of benzene rings is 2. The molecule has 0 aliphatic heterocycles. The minimum atomic E-state index is -0.707. The third kappa shape index (κ3) is 3.67. The highest BCUT2D eigenvalue weighted by molar-refractivity contribution is 5.53. The van der Waals surface area contributed by atoms with Crippen molar-refractivity contribution < 1.29 is 19.3 Å².